The minimum absolute atomic E-state index is 0.0886. The summed E-state index contributed by atoms with van der Waals surface area (Å²) in [6.07, 6.45) is 0.460. The third-order valence-corrected chi connectivity index (χ3v) is 4.38. The van der Waals surface area contributed by atoms with E-state index in [2.05, 4.69) is 5.32 Å². The first-order chi connectivity index (χ1) is 9.82. The van der Waals surface area contributed by atoms with Crippen molar-refractivity contribution in [3.05, 3.63) is 18.2 Å². The van der Waals surface area contributed by atoms with Gasteiger partial charge in [0.15, 0.2) is 0 Å². The molecule has 2 rings (SSSR count). The zero-order valence-electron chi connectivity index (χ0n) is 11.8. The van der Waals surface area contributed by atoms with Crippen molar-refractivity contribution in [2.24, 2.45) is 11.1 Å². The number of rotatable bonds is 4. The van der Waals surface area contributed by atoms with Gasteiger partial charge in [-0.15, -0.1) is 0 Å². The van der Waals surface area contributed by atoms with Gasteiger partial charge in [-0.25, -0.2) is 13.6 Å². The van der Waals surface area contributed by atoms with E-state index < -0.39 is 10.0 Å². The summed E-state index contributed by atoms with van der Waals surface area (Å²) in [7, 11) is -2.41. The molecule has 1 aliphatic rings. The zero-order valence-corrected chi connectivity index (χ0v) is 12.6. The summed E-state index contributed by atoms with van der Waals surface area (Å²) in [5.41, 5.74) is 0.271. The Hall–Kier alpha value is -1.64. The normalized spacial score (nSPS) is 22.0. The molecular formula is C13H18N2O5S. The van der Waals surface area contributed by atoms with Gasteiger partial charge in [0, 0.05) is 6.61 Å². The van der Waals surface area contributed by atoms with E-state index in [4.69, 9.17) is 14.6 Å². The fraction of sp³-hybridized carbons (Fsp3) is 0.462. The van der Waals surface area contributed by atoms with E-state index in [0.717, 1.165) is 0 Å². The molecule has 1 saturated heterocycles. The van der Waals surface area contributed by atoms with Gasteiger partial charge in [-0.05, 0) is 31.5 Å². The fourth-order valence-electron chi connectivity index (χ4n) is 2.26. The Morgan fingerprint density at radius 1 is 1.48 bits per heavy atom. The number of methoxy groups -OCH3 is 1. The summed E-state index contributed by atoms with van der Waals surface area (Å²) in [5.74, 6) is -0.139. The first-order valence-electron chi connectivity index (χ1n) is 6.46. The van der Waals surface area contributed by atoms with Crippen molar-refractivity contribution in [3.8, 4) is 5.75 Å². The predicted molar refractivity (Wildman–Crippen MR) is 76.5 cm³/mol. The van der Waals surface area contributed by atoms with Crippen LogP contribution in [0.25, 0.3) is 0 Å². The first-order valence-corrected chi connectivity index (χ1v) is 8.01. The number of hydrogen-bond acceptors (Lipinski definition) is 5. The van der Waals surface area contributed by atoms with Crippen molar-refractivity contribution in [2.75, 3.05) is 19.0 Å². The molecule has 1 fully saturated rings. The number of carbonyl (C=O) groups excluding carboxylic acids is 1. The van der Waals surface area contributed by atoms with Gasteiger partial charge in [-0.1, -0.05) is 0 Å². The largest absolute Gasteiger partial charge is 0.495 e. The average molecular weight is 314 g/mol. The van der Waals surface area contributed by atoms with Crippen LogP contribution in [0.3, 0.4) is 0 Å². The highest BCUT2D eigenvalue weighted by atomic mass is 32.2. The Labute approximate surface area is 123 Å². The molecule has 7 nitrogen and oxygen atoms in total. The molecule has 116 valence electrons. The average Bonchev–Trinajstić information content (AvgIpc) is 2.84. The Bertz CT molecular complexity index is 644. The Morgan fingerprint density at radius 2 is 2.19 bits per heavy atom. The molecule has 0 radical (unpaired) electrons. The zero-order chi connectivity index (χ0) is 15.6. The van der Waals surface area contributed by atoms with Crippen LogP contribution in [-0.2, 0) is 19.6 Å². The molecule has 1 amide bonds. The highest BCUT2D eigenvalue weighted by Crippen LogP contribution is 2.29. The van der Waals surface area contributed by atoms with Crippen LogP contribution in [-0.4, -0.2) is 34.1 Å². The van der Waals surface area contributed by atoms with E-state index in [-0.39, 0.29) is 28.5 Å². The van der Waals surface area contributed by atoms with E-state index >= 15 is 0 Å². The Kier molecular flexibility index (Phi) is 4.50. The van der Waals surface area contributed by atoms with Gasteiger partial charge in [-0.2, -0.15) is 0 Å². The topological polar surface area (TPSA) is 108 Å². The number of benzene rings is 1. The van der Waals surface area contributed by atoms with Crippen LogP contribution in [0.2, 0.25) is 0 Å². The third-order valence-electron chi connectivity index (χ3n) is 3.47. The molecule has 1 aromatic carbocycles. The highest BCUT2D eigenvalue weighted by molar-refractivity contribution is 7.89. The number of amides is 1. The lowest BCUT2D eigenvalue weighted by atomic mass is 10.0. The van der Waals surface area contributed by atoms with Crippen LogP contribution in [0.1, 0.15) is 13.3 Å². The maximum atomic E-state index is 12.2. The quantitative estimate of drug-likeness (QED) is 0.851. The van der Waals surface area contributed by atoms with Crippen LogP contribution < -0.4 is 15.2 Å². The second-order valence-electron chi connectivity index (χ2n) is 4.87. The van der Waals surface area contributed by atoms with Crippen molar-refractivity contribution in [1.29, 1.82) is 0 Å². The molecule has 2 unspecified atom stereocenters. The number of nitrogens with one attached hydrogen (secondary N) is 1. The molecule has 1 aliphatic heterocycles. The van der Waals surface area contributed by atoms with Gasteiger partial charge >= 0.3 is 0 Å². The lowest BCUT2D eigenvalue weighted by Crippen LogP contribution is -2.28. The summed E-state index contributed by atoms with van der Waals surface area (Å²) in [6.45, 7) is 2.36. The number of sulfonamides is 1. The monoisotopic (exact) mass is 314 g/mol. The van der Waals surface area contributed by atoms with Gasteiger partial charge in [0.2, 0.25) is 15.9 Å². The Morgan fingerprint density at radius 3 is 2.71 bits per heavy atom. The third kappa shape index (κ3) is 3.52. The van der Waals surface area contributed by atoms with Gasteiger partial charge in [0.1, 0.15) is 5.75 Å². The van der Waals surface area contributed by atoms with E-state index in [1.165, 1.54) is 25.3 Å². The smallest absolute Gasteiger partial charge is 0.238 e. The minimum Gasteiger partial charge on any atom is -0.495 e. The fourth-order valence-corrected chi connectivity index (χ4v) is 2.80. The SMILES string of the molecule is COc1ccc(S(N)(=O)=O)cc1NC(=O)C1CCOC1C. The van der Waals surface area contributed by atoms with Crippen molar-refractivity contribution in [1.82, 2.24) is 0 Å². The summed E-state index contributed by atoms with van der Waals surface area (Å²) < 4.78 is 33.2. The van der Waals surface area contributed by atoms with E-state index in [1.54, 1.807) is 0 Å². The molecular weight excluding hydrogens is 296 g/mol. The maximum absolute atomic E-state index is 12.2. The number of primary sulfonamides is 1. The van der Waals surface area contributed by atoms with Crippen LogP contribution in [0.4, 0.5) is 5.69 Å². The van der Waals surface area contributed by atoms with Crippen molar-refractivity contribution in [3.63, 3.8) is 0 Å². The van der Waals surface area contributed by atoms with Crippen LogP contribution in [0.5, 0.6) is 5.75 Å². The van der Waals surface area contributed by atoms with Crippen molar-refractivity contribution < 1.29 is 22.7 Å². The minimum atomic E-state index is -3.85. The molecule has 1 aromatic rings. The number of carbonyl (C=O) groups is 1. The summed E-state index contributed by atoms with van der Waals surface area (Å²) in [4.78, 5) is 12.1. The number of anilines is 1. The molecule has 0 spiro atoms. The molecule has 2 atom stereocenters. The standard InChI is InChI=1S/C13H18N2O5S/c1-8-10(5-6-20-8)13(16)15-11-7-9(21(14,17)18)3-4-12(11)19-2/h3-4,7-8,10H,5-6H2,1-2H3,(H,15,16)(H2,14,17,18). The van der Waals surface area contributed by atoms with Crippen LogP contribution in [0, 0.1) is 5.92 Å². The van der Waals surface area contributed by atoms with Gasteiger partial charge in [0.25, 0.3) is 0 Å². The Balaban J connectivity index is 2.27. The summed E-state index contributed by atoms with van der Waals surface area (Å²) >= 11 is 0. The molecule has 8 heteroatoms. The summed E-state index contributed by atoms with van der Waals surface area (Å²) in [6, 6.07) is 4.06. The van der Waals surface area contributed by atoms with E-state index in [1.807, 2.05) is 6.92 Å². The van der Waals surface area contributed by atoms with Crippen molar-refractivity contribution >= 4 is 21.6 Å². The lowest BCUT2D eigenvalue weighted by molar-refractivity contribution is -0.121. The number of hydrogen-bond donors (Lipinski definition) is 2. The van der Waals surface area contributed by atoms with Gasteiger partial charge in [0.05, 0.1) is 29.7 Å². The maximum Gasteiger partial charge on any atom is 0.238 e. The first kappa shape index (κ1) is 15.7. The predicted octanol–water partition coefficient (Wildman–Crippen LogP) is 0.706. The molecule has 0 aliphatic carbocycles. The summed E-state index contributed by atoms with van der Waals surface area (Å²) in [5, 5.41) is 7.77. The molecule has 3 N–H and O–H groups in total. The molecule has 0 saturated carbocycles. The molecule has 21 heavy (non-hydrogen) atoms. The van der Waals surface area contributed by atoms with E-state index in [0.29, 0.717) is 18.8 Å². The van der Waals surface area contributed by atoms with Crippen LogP contribution >= 0.6 is 0 Å². The second kappa shape index (κ2) is 6.00. The van der Waals surface area contributed by atoms with Crippen LogP contribution in [0.15, 0.2) is 23.1 Å². The lowest BCUT2D eigenvalue weighted by Gasteiger charge is -2.16. The second-order valence-corrected chi connectivity index (χ2v) is 6.43. The van der Waals surface area contributed by atoms with Crippen molar-refractivity contribution in [2.45, 2.75) is 24.3 Å². The molecule has 1 heterocycles. The van der Waals surface area contributed by atoms with Gasteiger partial charge in [-0.3, -0.25) is 4.79 Å². The number of nitrogens with two attached hydrogens (primary N) is 1. The molecule has 0 aromatic heterocycles. The molecule has 0 bridgehead atoms. The number of ether oxygens (including phenoxy) is 2. The van der Waals surface area contributed by atoms with Gasteiger partial charge < -0.3 is 14.8 Å². The highest BCUT2D eigenvalue weighted by Gasteiger charge is 2.31. The van der Waals surface area contributed by atoms with E-state index in [9.17, 15) is 13.2 Å².